The lowest BCUT2D eigenvalue weighted by atomic mass is 10.1. The van der Waals surface area contributed by atoms with Crippen LogP contribution in [0.5, 0.6) is 0 Å². The zero-order valence-corrected chi connectivity index (χ0v) is 16.9. The first-order chi connectivity index (χ1) is 13.7. The van der Waals surface area contributed by atoms with Gasteiger partial charge in [0.05, 0.1) is 12.1 Å². The van der Waals surface area contributed by atoms with Crippen molar-refractivity contribution in [1.82, 2.24) is 19.7 Å². The van der Waals surface area contributed by atoms with Crippen LogP contribution in [-0.2, 0) is 11.2 Å². The van der Waals surface area contributed by atoms with Crippen molar-refractivity contribution >= 4 is 23.3 Å². The summed E-state index contributed by atoms with van der Waals surface area (Å²) in [5.41, 5.74) is 1.90. The average molecular weight is 399 g/mol. The van der Waals surface area contributed by atoms with Gasteiger partial charge in [0.15, 0.2) is 0 Å². The summed E-state index contributed by atoms with van der Waals surface area (Å²) in [6.07, 6.45) is 3.74. The molecule has 3 heterocycles. The summed E-state index contributed by atoms with van der Waals surface area (Å²) >= 11 is 1.57. The molecule has 4 rings (SSSR count). The number of hydrogen-bond donors (Lipinski definition) is 0. The van der Waals surface area contributed by atoms with Crippen LogP contribution in [0.1, 0.15) is 25.0 Å². The monoisotopic (exact) mass is 398 g/mol. The fraction of sp³-hybridized carbons (Fsp3) is 0.476. The van der Waals surface area contributed by atoms with Crippen LogP contribution in [-0.4, -0.2) is 70.9 Å². The van der Waals surface area contributed by atoms with E-state index in [0.717, 1.165) is 42.2 Å². The number of thiazole rings is 1. The Hall–Kier alpha value is -2.41. The Labute approximate surface area is 169 Å². The zero-order valence-electron chi connectivity index (χ0n) is 16.0. The van der Waals surface area contributed by atoms with Crippen molar-refractivity contribution in [2.75, 3.05) is 39.3 Å². The van der Waals surface area contributed by atoms with E-state index in [1.54, 1.807) is 11.3 Å². The molecule has 2 aromatic rings. The van der Waals surface area contributed by atoms with Crippen LogP contribution in [0.4, 0.5) is 4.79 Å². The second kappa shape index (κ2) is 8.73. The summed E-state index contributed by atoms with van der Waals surface area (Å²) in [6.45, 7) is 4.18. The maximum atomic E-state index is 12.7. The molecule has 2 aliphatic rings. The second-order valence-corrected chi connectivity index (χ2v) is 8.24. The van der Waals surface area contributed by atoms with Crippen LogP contribution in [0, 0.1) is 0 Å². The molecular formula is C21H26N4O2S. The van der Waals surface area contributed by atoms with Crippen molar-refractivity contribution in [1.29, 1.82) is 0 Å². The number of benzene rings is 1. The number of carbonyl (C=O) groups excluding carboxylic acids is 2. The summed E-state index contributed by atoms with van der Waals surface area (Å²) in [5.74, 6) is 0.0926. The molecule has 0 bridgehead atoms. The van der Waals surface area contributed by atoms with E-state index in [0.29, 0.717) is 32.6 Å². The molecule has 6 nitrogen and oxygen atoms in total. The fourth-order valence-corrected chi connectivity index (χ4v) is 4.63. The minimum atomic E-state index is 0.0926. The zero-order chi connectivity index (χ0) is 19.3. The molecule has 28 heavy (non-hydrogen) atoms. The van der Waals surface area contributed by atoms with Gasteiger partial charge in [0.2, 0.25) is 5.91 Å². The lowest BCUT2D eigenvalue weighted by Crippen LogP contribution is -2.54. The Morgan fingerprint density at radius 2 is 1.50 bits per heavy atom. The number of piperazine rings is 1. The minimum absolute atomic E-state index is 0.0926. The van der Waals surface area contributed by atoms with Gasteiger partial charge in [-0.3, -0.25) is 4.79 Å². The molecule has 0 saturated carbocycles. The van der Waals surface area contributed by atoms with Crippen LogP contribution in [0.15, 0.2) is 35.7 Å². The van der Waals surface area contributed by atoms with Crippen molar-refractivity contribution in [3.63, 3.8) is 0 Å². The molecule has 0 spiro atoms. The maximum absolute atomic E-state index is 12.7. The van der Waals surface area contributed by atoms with E-state index in [2.05, 4.69) is 4.98 Å². The molecule has 1 aromatic heterocycles. The molecule has 1 aromatic carbocycles. The SMILES string of the molecule is O=C(Cc1csc(-c2ccccc2)n1)N1CCN(C(=O)N2CCCCC2)CC1. The summed E-state index contributed by atoms with van der Waals surface area (Å²) in [7, 11) is 0. The van der Waals surface area contributed by atoms with Gasteiger partial charge in [-0.1, -0.05) is 30.3 Å². The lowest BCUT2D eigenvalue weighted by Gasteiger charge is -2.38. The molecule has 0 unspecified atom stereocenters. The van der Waals surface area contributed by atoms with Crippen molar-refractivity contribution < 1.29 is 9.59 Å². The van der Waals surface area contributed by atoms with Crippen LogP contribution >= 0.6 is 11.3 Å². The molecule has 0 atom stereocenters. The molecule has 3 amide bonds. The fourth-order valence-electron chi connectivity index (χ4n) is 3.80. The number of rotatable bonds is 3. The Balaban J connectivity index is 1.28. The number of piperidine rings is 1. The predicted octanol–water partition coefficient (Wildman–Crippen LogP) is 3.10. The summed E-state index contributed by atoms with van der Waals surface area (Å²) in [5, 5.41) is 2.91. The summed E-state index contributed by atoms with van der Waals surface area (Å²) in [4.78, 5) is 35.6. The number of nitrogens with zero attached hydrogens (tertiary/aromatic N) is 4. The van der Waals surface area contributed by atoms with Gasteiger partial charge in [0, 0.05) is 50.2 Å². The molecule has 0 radical (unpaired) electrons. The number of hydrogen-bond acceptors (Lipinski definition) is 4. The third kappa shape index (κ3) is 4.35. The van der Waals surface area contributed by atoms with E-state index in [1.807, 2.05) is 50.4 Å². The van der Waals surface area contributed by atoms with Gasteiger partial charge in [-0.25, -0.2) is 9.78 Å². The number of urea groups is 1. The Kier molecular flexibility index (Phi) is 5.90. The first kappa shape index (κ1) is 18.9. The van der Waals surface area contributed by atoms with Gasteiger partial charge >= 0.3 is 6.03 Å². The number of carbonyl (C=O) groups is 2. The highest BCUT2D eigenvalue weighted by atomic mass is 32.1. The third-order valence-corrected chi connectivity index (χ3v) is 6.37. The molecule has 2 fully saturated rings. The van der Waals surface area contributed by atoms with Crippen LogP contribution in [0.2, 0.25) is 0 Å². The standard InChI is InChI=1S/C21H26N4O2S/c26-19(15-18-16-28-20(22-18)17-7-3-1-4-8-17)23-11-13-25(14-12-23)21(27)24-9-5-2-6-10-24/h1,3-4,7-8,16H,2,5-6,9-15H2. The number of aromatic nitrogens is 1. The Bertz CT molecular complexity index is 809. The second-order valence-electron chi connectivity index (χ2n) is 7.38. The predicted molar refractivity (Wildman–Crippen MR) is 110 cm³/mol. The van der Waals surface area contributed by atoms with Crippen LogP contribution in [0.3, 0.4) is 0 Å². The topological polar surface area (TPSA) is 56.8 Å². The summed E-state index contributed by atoms with van der Waals surface area (Å²) < 4.78 is 0. The molecule has 7 heteroatoms. The highest BCUT2D eigenvalue weighted by molar-refractivity contribution is 7.13. The first-order valence-corrected chi connectivity index (χ1v) is 10.9. The van der Waals surface area contributed by atoms with Gasteiger partial charge < -0.3 is 14.7 Å². The molecule has 0 aliphatic carbocycles. The Morgan fingerprint density at radius 3 is 2.21 bits per heavy atom. The molecule has 0 N–H and O–H groups in total. The van der Waals surface area contributed by atoms with E-state index < -0.39 is 0 Å². The van der Waals surface area contributed by atoms with Crippen molar-refractivity contribution in [2.24, 2.45) is 0 Å². The van der Waals surface area contributed by atoms with E-state index in [1.165, 1.54) is 6.42 Å². The van der Waals surface area contributed by atoms with Gasteiger partial charge in [-0.2, -0.15) is 0 Å². The van der Waals surface area contributed by atoms with E-state index in [4.69, 9.17) is 0 Å². The highest BCUT2D eigenvalue weighted by Gasteiger charge is 2.28. The quantitative estimate of drug-likeness (QED) is 0.798. The molecule has 2 aliphatic heterocycles. The smallest absolute Gasteiger partial charge is 0.320 e. The van der Waals surface area contributed by atoms with E-state index in [9.17, 15) is 9.59 Å². The van der Waals surface area contributed by atoms with Crippen LogP contribution in [0.25, 0.3) is 10.6 Å². The lowest BCUT2D eigenvalue weighted by molar-refractivity contribution is -0.132. The first-order valence-electron chi connectivity index (χ1n) is 10.0. The van der Waals surface area contributed by atoms with E-state index >= 15 is 0 Å². The van der Waals surface area contributed by atoms with Crippen molar-refractivity contribution in [2.45, 2.75) is 25.7 Å². The normalized spacial score (nSPS) is 17.6. The van der Waals surface area contributed by atoms with Crippen molar-refractivity contribution in [3.8, 4) is 10.6 Å². The average Bonchev–Trinajstić information content (AvgIpc) is 3.23. The molecular weight excluding hydrogens is 372 g/mol. The largest absolute Gasteiger partial charge is 0.339 e. The third-order valence-electron chi connectivity index (χ3n) is 5.43. The van der Waals surface area contributed by atoms with Gasteiger partial charge in [-0.15, -0.1) is 11.3 Å². The van der Waals surface area contributed by atoms with Crippen LogP contribution < -0.4 is 0 Å². The number of amides is 3. The van der Waals surface area contributed by atoms with Crippen molar-refractivity contribution in [3.05, 3.63) is 41.4 Å². The minimum Gasteiger partial charge on any atom is -0.339 e. The highest BCUT2D eigenvalue weighted by Crippen LogP contribution is 2.23. The van der Waals surface area contributed by atoms with Gasteiger partial charge in [0.1, 0.15) is 5.01 Å². The van der Waals surface area contributed by atoms with Gasteiger partial charge in [-0.05, 0) is 19.3 Å². The van der Waals surface area contributed by atoms with Gasteiger partial charge in [0.25, 0.3) is 0 Å². The van der Waals surface area contributed by atoms with E-state index in [-0.39, 0.29) is 11.9 Å². The summed E-state index contributed by atoms with van der Waals surface area (Å²) in [6, 6.07) is 10.2. The number of likely N-dealkylation sites (tertiary alicyclic amines) is 1. The maximum Gasteiger partial charge on any atom is 0.320 e. The molecule has 148 valence electrons. The Morgan fingerprint density at radius 1 is 0.857 bits per heavy atom. The molecule has 2 saturated heterocycles.